The zero-order valence-electron chi connectivity index (χ0n) is 16.9. The molecule has 0 aliphatic heterocycles. The lowest BCUT2D eigenvalue weighted by molar-refractivity contribution is -0.161. The smallest absolute Gasteiger partial charge is 0.335 e. The van der Waals surface area contributed by atoms with Crippen LogP contribution in [0.1, 0.15) is 39.4 Å². The van der Waals surface area contributed by atoms with Gasteiger partial charge in [0.1, 0.15) is 10.7 Å². The normalized spacial score (nSPS) is 13.1. The van der Waals surface area contributed by atoms with Crippen LogP contribution in [0.5, 0.6) is 0 Å². The van der Waals surface area contributed by atoms with Crippen LogP contribution in [0.25, 0.3) is 0 Å². The molecule has 7 nitrogen and oxygen atoms in total. The van der Waals surface area contributed by atoms with E-state index in [4.69, 9.17) is 30.6 Å². The molecule has 9 heteroatoms. The quantitative estimate of drug-likeness (QED) is 0.375. The van der Waals surface area contributed by atoms with Gasteiger partial charge in [0.25, 0.3) is 0 Å². The van der Waals surface area contributed by atoms with Crippen molar-refractivity contribution in [2.45, 2.75) is 33.8 Å². The Labute approximate surface area is 176 Å². The molecule has 0 amide bonds. The minimum Gasteiger partial charge on any atom is -0.335 e. The molecule has 1 atom stereocenters. The third kappa shape index (κ3) is 6.07. The molecule has 0 N–H and O–H groups in total. The first kappa shape index (κ1) is 23.4. The summed E-state index contributed by atoms with van der Waals surface area (Å²) < 4.78 is 31.0. The van der Waals surface area contributed by atoms with Gasteiger partial charge in [-0.1, -0.05) is 48.6 Å². The number of nitrogens with zero attached hydrogens (tertiary/aromatic N) is 1. The molecular formula is C20H26NO6PS. The van der Waals surface area contributed by atoms with Crippen LogP contribution in [-0.4, -0.2) is 23.9 Å². The lowest BCUT2D eigenvalue weighted by atomic mass is 9.83. The van der Waals surface area contributed by atoms with Crippen molar-refractivity contribution in [3.63, 3.8) is 0 Å². The van der Waals surface area contributed by atoms with Crippen molar-refractivity contribution in [2.75, 3.05) is 13.2 Å². The first-order chi connectivity index (χ1) is 13.7. The van der Waals surface area contributed by atoms with E-state index >= 15 is 0 Å². The van der Waals surface area contributed by atoms with Gasteiger partial charge in [0.05, 0.1) is 18.6 Å². The average Bonchev–Trinajstić information content (AvgIpc) is 2.69. The third-order valence-electron chi connectivity index (χ3n) is 4.06. The van der Waals surface area contributed by atoms with Crippen molar-refractivity contribution in [2.24, 2.45) is 5.41 Å². The number of pyridine rings is 1. The van der Waals surface area contributed by atoms with Gasteiger partial charge in [0.15, 0.2) is 0 Å². The molecule has 0 bridgehead atoms. The topological polar surface area (TPSA) is 76.0 Å². The number of rotatable bonds is 10. The van der Waals surface area contributed by atoms with Crippen LogP contribution in [0, 0.1) is 10.1 Å². The summed E-state index contributed by atoms with van der Waals surface area (Å²) in [6.07, 6.45) is 0.581. The van der Waals surface area contributed by atoms with Crippen LogP contribution in [0.3, 0.4) is 0 Å². The molecule has 1 heterocycles. The summed E-state index contributed by atoms with van der Waals surface area (Å²) in [5.74, 6) is -0.617. The number of phosphoric ester groups is 1. The van der Waals surface area contributed by atoms with E-state index in [9.17, 15) is 9.36 Å². The molecule has 0 saturated carbocycles. The fraction of sp³-hybridized carbons (Fsp3) is 0.400. The minimum absolute atomic E-state index is 0.128. The van der Waals surface area contributed by atoms with Crippen LogP contribution >= 0.6 is 20.0 Å². The highest BCUT2D eigenvalue weighted by Crippen LogP contribution is 2.56. The number of hydrogen-bond acceptors (Lipinski definition) is 7. The molecule has 1 aromatic heterocycles. The maximum Gasteiger partial charge on any atom is 0.475 e. The van der Waals surface area contributed by atoms with E-state index in [1.54, 1.807) is 76.4 Å². The first-order valence-electron chi connectivity index (χ1n) is 9.26. The van der Waals surface area contributed by atoms with E-state index in [-0.39, 0.29) is 13.2 Å². The van der Waals surface area contributed by atoms with Gasteiger partial charge in [0.2, 0.25) is 0 Å². The Morgan fingerprint density at radius 3 is 2.21 bits per heavy atom. The molecule has 2 rings (SSSR count). The fourth-order valence-corrected chi connectivity index (χ4v) is 4.23. The van der Waals surface area contributed by atoms with Crippen molar-refractivity contribution >= 4 is 26.0 Å². The maximum atomic E-state index is 13.1. The number of aromatic nitrogens is 1. The van der Waals surface area contributed by atoms with Gasteiger partial charge in [-0.05, 0) is 45.4 Å². The summed E-state index contributed by atoms with van der Waals surface area (Å²) in [6, 6.07) is 14.1. The zero-order valence-corrected chi connectivity index (χ0v) is 18.7. The molecule has 0 saturated heterocycles. The molecule has 0 fully saturated rings. The second-order valence-electron chi connectivity index (χ2n) is 6.64. The van der Waals surface area contributed by atoms with Crippen molar-refractivity contribution < 1.29 is 27.8 Å². The zero-order chi connectivity index (χ0) is 21.5. The lowest BCUT2D eigenvalue weighted by Gasteiger charge is -2.33. The lowest BCUT2D eigenvalue weighted by Crippen LogP contribution is -2.39. The van der Waals surface area contributed by atoms with Crippen LogP contribution in [0.15, 0.2) is 54.7 Å². The summed E-state index contributed by atoms with van der Waals surface area (Å²) in [5.41, 5.74) is -0.624. The van der Waals surface area contributed by atoms with E-state index in [1.165, 1.54) is 4.73 Å². The molecule has 0 radical (unpaired) electrons. The van der Waals surface area contributed by atoms with Crippen molar-refractivity contribution in [3.05, 3.63) is 64.9 Å². The SMILES string of the molecule is CCOP(=O)(OCC)OC(c1ccccc1)C(C)(C)C(=O)On1ccccc1=S. The molecule has 158 valence electrons. The Bertz CT molecular complexity index is 904. The molecular weight excluding hydrogens is 413 g/mol. The number of carbonyl (C=O) groups excluding carboxylic acids is 1. The Balaban J connectivity index is 2.41. The number of benzene rings is 1. The summed E-state index contributed by atoms with van der Waals surface area (Å²) in [4.78, 5) is 18.5. The Morgan fingerprint density at radius 2 is 1.66 bits per heavy atom. The van der Waals surface area contributed by atoms with E-state index in [1.807, 2.05) is 6.07 Å². The monoisotopic (exact) mass is 439 g/mol. The number of phosphoric acid groups is 1. The Kier molecular flexibility index (Phi) is 8.31. The van der Waals surface area contributed by atoms with Crippen LogP contribution in [-0.2, 0) is 22.9 Å². The highest BCUT2D eigenvalue weighted by atomic mass is 32.1. The van der Waals surface area contributed by atoms with Crippen molar-refractivity contribution in [1.82, 2.24) is 4.73 Å². The van der Waals surface area contributed by atoms with E-state index in [0.29, 0.717) is 10.2 Å². The van der Waals surface area contributed by atoms with Gasteiger partial charge in [-0.15, -0.1) is 0 Å². The van der Waals surface area contributed by atoms with E-state index < -0.39 is 25.3 Å². The summed E-state index contributed by atoms with van der Waals surface area (Å²) >= 11 is 5.18. The van der Waals surface area contributed by atoms with E-state index in [0.717, 1.165) is 0 Å². The summed E-state index contributed by atoms with van der Waals surface area (Å²) in [6.45, 7) is 6.90. The molecule has 0 spiro atoms. The van der Waals surface area contributed by atoms with Gasteiger partial charge in [-0.2, -0.15) is 4.73 Å². The minimum atomic E-state index is -3.90. The second-order valence-corrected chi connectivity index (χ2v) is 8.68. The van der Waals surface area contributed by atoms with Gasteiger partial charge < -0.3 is 4.84 Å². The highest BCUT2D eigenvalue weighted by molar-refractivity contribution is 7.71. The highest BCUT2D eigenvalue weighted by Gasteiger charge is 2.45. The van der Waals surface area contributed by atoms with Crippen LogP contribution < -0.4 is 4.84 Å². The van der Waals surface area contributed by atoms with Crippen molar-refractivity contribution in [1.29, 1.82) is 0 Å². The number of hydrogen-bond donors (Lipinski definition) is 0. The Morgan fingerprint density at radius 1 is 1.07 bits per heavy atom. The predicted octanol–water partition coefficient (Wildman–Crippen LogP) is 5.14. The Hall–Kier alpha value is -1.83. The molecule has 29 heavy (non-hydrogen) atoms. The van der Waals surface area contributed by atoms with Crippen LogP contribution in [0.4, 0.5) is 0 Å². The van der Waals surface area contributed by atoms with Gasteiger partial charge in [-0.25, -0.2) is 9.36 Å². The van der Waals surface area contributed by atoms with Crippen molar-refractivity contribution in [3.8, 4) is 0 Å². The summed E-state index contributed by atoms with van der Waals surface area (Å²) in [7, 11) is -3.90. The molecule has 2 aromatic rings. The number of carbonyl (C=O) groups is 1. The molecule has 1 aromatic carbocycles. The second kappa shape index (κ2) is 10.3. The van der Waals surface area contributed by atoms with E-state index in [2.05, 4.69) is 0 Å². The fourth-order valence-electron chi connectivity index (χ4n) is 2.58. The van der Waals surface area contributed by atoms with Gasteiger partial charge in [0, 0.05) is 6.20 Å². The van der Waals surface area contributed by atoms with Gasteiger partial charge in [-0.3, -0.25) is 13.6 Å². The maximum absolute atomic E-state index is 13.1. The molecule has 1 unspecified atom stereocenters. The molecule has 0 aliphatic rings. The molecule has 0 aliphatic carbocycles. The predicted molar refractivity (Wildman–Crippen MR) is 112 cm³/mol. The standard InChI is InChI=1S/C20H26NO6PS/c1-5-24-28(23,25-6-2)27-18(16-12-8-7-9-13-16)20(3,4)19(22)26-21-15-11-10-14-17(21)29/h7-15,18H,5-6H2,1-4H3. The van der Waals surface area contributed by atoms with Gasteiger partial charge >= 0.3 is 13.8 Å². The van der Waals surface area contributed by atoms with Crippen LogP contribution in [0.2, 0.25) is 0 Å². The average molecular weight is 439 g/mol. The first-order valence-corrected chi connectivity index (χ1v) is 11.1. The summed E-state index contributed by atoms with van der Waals surface area (Å²) in [5, 5.41) is 0. The third-order valence-corrected chi connectivity index (χ3v) is 6.00. The largest absolute Gasteiger partial charge is 0.475 e.